The van der Waals surface area contributed by atoms with E-state index in [1.807, 2.05) is 0 Å². The zero-order chi connectivity index (χ0) is 16.4. The molecule has 0 aromatic carbocycles. The highest BCUT2D eigenvalue weighted by Crippen LogP contribution is 2.21. The third-order valence-electron chi connectivity index (χ3n) is 3.08. The Kier molecular flexibility index (Phi) is 3.67. The first kappa shape index (κ1) is 14.6. The SMILES string of the molecule is Cn1cc([N+](=O)[O-])cc1C(=O)OCc1cc(-c2ccco2)on1. The summed E-state index contributed by atoms with van der Waals surface area (Å²) in [5, 5.41) is 14.5. The second kappa shape index (κ2) is 5.79. The van der Waals surface area contributed by atoms with Crippen LogP contribution in [0, 0.1) is 10.1 Å². The van der Waals surface area contributed by atoms with Crippen molar-refractivity contribution >= 4 is 11.7 Å². The van der Waals surface area contributed by atoms with Gasteiger partial charge in [0.2, 0.25) is 5.76 Å². The predicted molar refractivity (Wildman–Crippen MR) is 75.4 cm³/mol. The van der Waals surface area contributed by atoms with E-state index in [1.165, 1.54) is 24.1 Å². The average molecular weight is 317 g/mol. The van der Waals surface area contributed by atoms with Gasteiger partial charge in [-0.25, -0.2) is 4.79 Å². The van der Waals surface area contributed by atoms with Crippen LogP contribution < -0.4 is 0 Å². The lowest BCUT2D eigenvalue weighted by Crippen LogP contribution is -2.09. The van der Waals surface area contributed by atoms with E-state index in [9.17, 15) is 14.9 Å². The van der Waals surface area contributed by atoms with Crippen LogP contribution in [0.15, 0.2) is 45.7 Å². The highest BCUT2D eigenvalue weighted by molar-refractivity contribution is 5.88. The number of hydrogen-bond donors (Lipinski definition) is 0. The Labute approximate surface area is 129 Å². The van der Waals surface area contributed by atoms with Crippen molar-refractivity contribution in [2.45, 2.75) is 6.61 Å². The third-order valence-corrected chi connectivity index (χ3v) is 3.08. The van der Waals surface area contributed by atoms with E-state index in [0.717, 1.165) is 6.07 Å². The summed E-state index contributed by atoms with van der Waals surface area (Å²) in [7, 11) is 1.52. The summed E-state index contributed by atoms with van der Waals surface area (Å²) in [5.41, 5.74) is 0.293. The summed E-state index contributed by atoms with van der Waals surface area (Å²) >= 11 is 0. The minimum absolute atomic E-state index is 0.0754. The Morgan fingerprint density at radius 1 is 1.43 bits per heavy atom. The fraction of sp³-hybridized carbons (Fsp3) is 0.143. The van der Waals surface area contributed by atoms with Gasteiger partial charge in [-0.15, -0.1) is 0 Å². The zero-order valence-electron chi connectivity index (χ0n) is 12.0. The molecule has 0 atom stereocenters. The van der Waals surface area contributed by atoms with Crippen molar-refractivity contribution < 1.29 is 23.4 Å². The van der Waals surface area contributed by atoms with Gasteiger partial charge in [-0.05, 0) is 12.1 Å². The van der Waals surface area contributed by atoms with Crippen molar-refractivity contribution in [1.29, 1.82) is 0 Å². The Hall–Kier alpha value is -3.36. The standard InChI is InChI=1S/C14H11N3O6/c1-16-7-10(17(19)20)6-11(16)14(18)22-8-9-5-13(23-15-9)12-3-2-4-21-12/h2-7H,8H2,1H3. The number of nitrogens with zero attached hydrogens (tertiary/aromatic N) is 3. The molecule has 0 aliphatic heterocycles. The first-order valence-corrected chi connectivity index (χ1v) is 6.52. The van der Waals surface area contributed by atoms with Gasteiger partial charge in [0.1, 0.15) is 18.0 Å². The fourth-order valence-electron chi connectivity index (χ4n) is 1.98. The maximum absolute atomic E-state index is 12.0. The summed E-state index contributed by atoms with van der Waals surface area (Å²) in [6, 6.07) is 6.15. The first-order valence-electron chi connectivity index (χ1n) is 6.52. The van der Waals surface area contributed by atoms with Crippen LogP contribution >= 0.6 is 0 Å². The van der Waals surface area contributed by atoms with Gasteiger partial charge in [-0.3, -0.25) is 10.1 Å². The number of aromatic nitrogens is 2. The van der Waals surface area contributed by atoms with E-state index in [-0.39, 0.29) is 18.0 Å². The van der Waals surface area contributed by atoms with Crippen molar-refractivity contribution in [2.24, 2.45) is 7.05 Å². The number of rotatable bonds is 5. The molecule has 0 saturated heterocycles. The normalized spacial score (nSPS) is 10.7. The van der Waals surface area contributed by atoms with Crippen molar-refractivity contribution in [2.75, 3.05) is 0 Å². The van der Waals surface area contributed by atoms with E-state index in [4.69, 9.17) is 13.7 Å². The smallest absolute Gasteiger partial charge is 0.355 e. The van der Waals surface area contributed by atoms with Crippen LogP contribution in [0.4, 0.5) is 5.69 Å². The fourth-order valence-corrected chi connectivity index (χ4v) is 1.98. The van der Waals surface area contributed by atoms with E-state index >= 15 is 0 Å². The molecule has 9 nitrogen and oxygen atoms in total. The number of carbonyl (C=O) groups excluding carboxylic acids is 1. The number of furan rings is 1. The lowest BCUT2D eigenvalue weighted by Gasteiger charge is -2.02. The van der Waals surface area contributed by atoms with Gasteiger partial charge in [0.25, 0.3) is 5.69 Å². The molecule has 0 unspecified atom stereocenters. The summed E-state index contributed by atoms with van der Waals surface area (Å²) < 4.78 is 16.7. The molecule has 0 amide bonds. The molecule has 0 saturated carbocycles. The third kappa shape index (κ3) is 2.98. The number of ether oxygens (including phenoxy) is 1. The molecule has 0 N–H and O–H groups in total. The molecular weight excluding hydrogens is 306 g/mol. The number of hydrogen-bond acceptors (Lipinski definition) is 7. The van der Waals surface area contributed by atoms with Gasteiger partial charge >= 0.3 is 5.97 Å². The number of carbonyl (C=O) groups is 1. The first-order chi connectivity index (χ1) is 11.0. The Bertz CT molecular complexity index is 846. The van der Waals surface area contributed by atoms with Crippen LogP contribution in [0.1, 0.15) is 16.2 Å². The van der Waals surface area contributed by atoms with Crippen LogP contribution in [-0.2, 0) is 18.4 Å². The molecule has 9 heteroatoms. The van der Waals surface area contributed by atoms with Crippen molar-refractivity contribution in [3.05, 3.63) is 58.2 Å². The number of nitro groups is 1. The minimum Gasteiger partial charge on any atom is -0.461 e. The molecular formula is C14H11N3O6. The number of aryl methyl sites for hydroxylation is 1. The summed E-state index contributed by atoms with van der Waals surface area (Å²) in [5.74, 6) is 0.229. The molecule has 0 radical (unpaired) electrons. The second-order valence-corrected chi connectivity index (χ2v) is 4.69. The van der Waals surface area contributed by atoms with Crippen molar-refractivity contribution in [3.8, 4) is 11.5 Å². The molecule has 23 heavy (non-hydrogen) atoms. The lowest BCUT2D eigenvalue weighted by atomic mass is 10.3. The summed E-state index contributed by atoms with van der Waals surface area (Å²) in [6.45, 7) is -0.123. The Balaban J connectivity index is 1.66. The van der Waals surface area contributed by atoms with E-state index in [2.05, 4.69) is 5.16 Å². The van der Waals surface area contributed by atoms with Gasteiger partial charge in [-0.2, -0.15) is 0 Å². The molecule has 3 rings (SSSR count). The highest BCUT2D eigenvalue weighted by Gasteiger charge is 2.19. The van der Waals surface area contributed by atoms with Crippen molar-refractivity contribution in [1.82, 2.24) is 9.72 Å². The zero-order valence-corrected chi connectivity index (χ0v) is 12.0. The van der Waals surface area contributed by atoms with Gasteiger partial charge in [0.15, 0.2) is 5.76 Å². The molecule has 3 aromatic heterocycles. The topological polar surface area (TPSA) is 114 Å². The molecule has 3 aromatic rings. The maximum Gasteiger partial charge on any atom is 0.355 e. The molecule has 0 bridgehead atoms. The van der Waals surface area contributed by atoms with Crippen LogP contribution in [-0.4, -0.2) is 20.6 Å². The quantitative estimate of drug-likeness (QED) is 0.403. The number of esters is 1. The van der Waals surface area contributed by atoms with Gasteiger partial charge in [0, 0.05) is 19.2 Å². The summed E-state index contributed by atoms with van der Waals surface area (Å²) in [4.78, 5) is 22.1. The Morgan fingerprint density at radius 3 is 2.91 bits per heavy atom. The van der Waals surface area contributed by atoms with E-state index in [1.54, 1.807) is 18.2 Å². The summed E-state index contributed by atoms with van der Waals surface area (Å²) in [6.07, 6.45) is 2.74. The molecule has 0 spiro atoms. The molecule has 118 valence electrons. The minimum atomic E-state index is -0.692. The van der Waals surface area contributed by atoms with Gasteiger partial charge < -0.3 is 18.2 Å². The maximum atomic E-state index is 12.0. The predicted octanol–water partition coefficient (Wildman–Crippen LogP) is 2.54. The second-order valence-electron chi connectivity index (χ2n) is 4.69. The van der Waals surface area contributed by atoms with E-state index < -0.39 is 10.9 Å². The monoisotopic (exact) mass is 317 g/mol. The highest BCUT2D eigenvalue weighted by atomic mass is 16.6. The molecule has 0 aliphatic carbocycles. The molecule has 3 heterocycles. The van der Waals surface area contributed by atoms with Crippen LogP contribution in [0.2, 0.25) is 0 Å². The van der Waals surface area contributed by atoms with Gasteiger partial charge in [0.05, 0.1) is 17.4 Å². The van der Waals surface area contributed by atoms with Crippen LogP contribution in [0.25, 0.3) is 11.5 Å². The average Bonchev–Trinajstić information content (AvgIpc) is 3.24. The molecule has 0 fully saturated rings. The lowest BCUT2D eigenvalue weighted by molar-refractivity contribution is -0.384. The van der Waals surface area contributed by atoms with Crippen LogP contribution in [0.5, 0.6) is 0 Å². The van der Waals surface area contributed by atoms with Gasteiger partial charge in [-0.1, -0.05) is 5.16 Å². The van der Waals surface area contributed by atoms with Crippen LogP contribution in [0.3, 0.4) is 0 Å². The Morgan fingerprint density at radius 2 is 2.26 bits per heavy atom. The molecule has 0 aliphatic rings. The largest absolute Gasteiger partial charge is 0.461 e. The van der Waals surface area contributed by atoms with Crippen molar-refractivity contribution in [3.63, 3.8) is 0 Å². The van der Waals surface area contributed by atoms with E-state index in [0.29, 0.717) is 17.2 Å².